The van der Waals surface area contributed by atoms with Crippen molar-refractivity contribution in [3.63, 3.8) is 0 Å². The van der Waals surface area contributed by atoms with E-state index in [-0.39, 0.29) is 22.9 Å². The highest BCUT2D eigenvalue weighted by molar-refractivity contribution is 6.30. The van der Waals surface area contributed by atoms with Crippen LogP contribution in [0.4, 0.5) is 10.1 Å². The Hall–Kier alpha value is -2.61. The van der Waals surface area contributed by atoms with Crippen molar-refractivity contribution in [3.8, 4) is 11.4 Å². The van der Waals surface area contributed by atoms with Crippen LogP contribution < -0.4 is 0 Å². The number of fused-ring (bicyclic) bond motifs is 1. The number of aromatic nitrogens is 4. The molecule has 0 saturated heterocycles. The minimum absolute atomic E-state index is 0.000895. The molecule has 0 aliphatic carbocycles. The minimum atomic E-state index is -0.655. The van der Waals surface area contributed by atoms with Gasteiger partial charge in [-0.1, -0.05) is 11.6 Å². The molecule has 2 heterocycles. The molecule has 0 spiro atoms. The molecular weight excluding hydrogens is 289 g/mol. The summed E-state index contributed by atoms with van der Waals surface area (Å²) in [5, 5.41) is 15.1. The van der Waals surface area contributed by atoms with E-state index in [1.165, 1.54) is 16.9 Å². The van der Waals surface area contributed by atoms with Crippen LogP contribution >= 0.6 is 11.6 Å². The first kappa shape index (κ1) is 12.4. The second-order valence-electron chi connectivity index (χ2n) is 3.87. The highest BCUT2D eigenvalue weighted by Crippen LogP contribution is 2.25. The lowest BCUT2D eigenvalue weighted by Gasteiger charge is -1.97. The molecule has 0 saturated carbocycles. The van der Waals surface area contributed by atoms with Gasteiger partial charge in [0.2, 0.25) is 0 Å². The second-order valence-corrected chi connectivity index (χ2v) is 4.31. The van der Waals surface area contributed by atoms with Crippen LogP contribution in [-0.4, -0.2) is 24.5 Å². The average Bonchev–Trinajstić information content (AvgIpc) is 2.81. The van der Waals surface area contributed by atoms with Gasteiger partial charge >= 0.3 is 0 Å². The first-order chi connectivity index (χ1) is 9.54. The van der Waals surface area contributed by atoms with E-state index in [0.29, 0.717) is 5.02 Å². The molecule has 0 unspecified atom stereocenters. The van der Waals surface area contributed by atoms with Gasteiger partial charge in [-0.05, 0) is 6.07 Å². The fraction of sp³-hybridized carbons (Fsp3) is 0. The Morgan fingerprint density at radius 2 is 2.20 bits per heavy atom. The molecule has 0 fully saturated rings. The van der Waals surface area contributed by atoms with Gasteiger partial charge in [-0.25, -0.2) is 13.9 Å². The fourth-order valence-electron chi connectivity index (χ4n) is 1.67. The van der Waals surface area contributed by atoms with E-state index in [0.717, 1.165) is 18.2 Å². The van der Waals surface area contributed by atoms with Crippen molar-refractivity contribution < 1.29 is 9.31 Å². The Bertz CT molecular complexity index is 835. The van der Waals surface area contributed by atoms with Crippen LogP contribution in [0.25, 0.3) is 17.2 Å². The number of hydrogen-bond donors (Lipinski definition) is 0. The Morgan fingerprint density at radius 3 is 2.95 bits per heavy atom. The Kier molecular flexibility index (Phi) is 2.79. The van der Waals surface area contributed by atoms with Gasteiger partial charge in [-0.15, -0.1) is 5.10 Å². The van der Waals surface area contributed by atoms with E-state index < -0.39 is 10.7 Å². The van der Waals surface area contributed by atoms with Gasteiger partial charge in [-0.3, -0.25) is 10.1 Å². The van der Waals surface area contributed by atoms with Crippen molar-refractivity contribution >= 4 is 23.1 Å². The number of non-ortho nitro benzene ring substituents is 1. The first-order valence-electron chi connectivity index (χ1n) is 5.37. The lowest BCUT2D eigenvalue weighted by molar-refractivity contribution is -0.384. The van der Waals surface area contributed by atoms with Crippen LogP contribution in [0.5, 0.6) is 0 Å². The van der Waals surface area contributed by atoms with E-state index in [4.69, 9.17) is 11.6 Å². The largest absolute Gasteiger partial charge is 0.270 e. The topological polar surface area (TPSA) is 86.2 Å². The summed E-state index contributed by atoms with van der Waals surface area (Å²) in [6.45, 7) is 0. The zero-order valence-electron chi connectivity index (χ0n) is 9.70. The molecule has 0 radical (unpaired) electrons. The van der Waals surface area contributed by atoms with Gasteiger partial charge in [0.05, 0.1) is 27.9 Å². The summed E-state index contributed by atoms with van der Waals surface area (Å²) >= 11 is 5.76. The van der Waals surface area contributed by atoms with Crippen LogP contribution in [0.1, 0.15) is 0 Å². The summed E-state index contributed by atoms with van der Waals surface area (Å²) in [5.41, 5.74) is -0.313. The molecule has 20 heavy (non-hydrogen) atoms. The minimum Gasteiger partial charge on any atom is -0.258 e. The zero-order chi connectivity index (χ0) is 14.3. The average molecular weight is 294 g/mol. The molecule has 1 aromatic carbocycles. The summed E-state index contributed by atoms with van der Waals surface area (Å²) in [6, 6.07) is 3.15. The molecule has 0 amide bonds. The van der Waals surface area contributed by atoms with E-state index >= 15 is 0 Å². The lowest BCUT2D eigenvalue weighted by Crippen LogP contribution is -1.93. The van der Waals surface area contributed by atoms with Crippen LogP contribution in [-0.2, 0) is 0 Å². The normalized spacial score (nSPS) is 10.9. The maximum atomic E-state index is 13.8. The van der Waals surface area contributed by atoms with Crippen molar-refractivity contribution in [2.75, 3.05) is 0 Å². The molecule has 3 rings (SSSR count). The highest BCUT2D eigenvalue weighted by Gasteiger charge is 2.16. The summed E-state index contributed by atoms with van der Waals surface area (Å²) in [7, 11) is 0. The third-order valence-electron chi connectivity index (χ3n) is 2.56. The smallest absolute Gasteiger partial charge is 0.258 e. The third-order valence-corrected chi connectivity index (χ3v) is 2.76. The monoisotopic (exact) mass is 293 g/mol. The van der Waals surface area contributed by atoms with Crippen molar-refractivity contribution in [2.24, 2.45) is 0 Å². The maximum absolute atomic E-state index is 13.8. The van der Waals surface area contributed by atoms with E-state index in [9.17, 15) is 14.5 Å². The number of halogens is 2. The fourth-order valence-corrected chi connectivity index (χ4v) is 1.81. The van der Waals surface area contributed by atoms with Gasteiger partial charge in [0.15, 0.2) is 5.82 Å². The zero-order valence-corrected chi connectivity index (χ0v) is 10.5. The molecule has 7 nitrogen and oxygen atoms in total. The van der Waals surface area contributed by atoms with Crippen molar-refractivity contribution in [1.29, 1.82) is 0 Å². The quantitative estimate of drug-likeness (QED) is 0.535. The molecule has 100 valence electrons. The van der Waals surface area contributed by atoms with Gasteiger partial charge in [0, 0.05) is 12.1 Å². The van der Waals surface area contributed by atoms with Gasteiger partial charge in [0.1, 0.15) is 5.82 Å². The van der Waals surface area contributed by atoms with E-state index in [1.807, 2.05) is 0 Å². The Balaban J connectivity index is 2.19. The number of nitro benzene ring substituents is 1. The second kappa shape index (κ2) is 4.49. The predicted molar refractivity (Wildman–Crippen MR) is 67.8 cm³/mol. The van der Waals surface area contributed by atoms with Crippen LogP contribution in [0.15, 0.2) is 30.6 Å². The number of nitro groups is 1. The van der Waals surface area contributed by atoms with Crippen LogP contribution in [0.2, 0.25) is 5.02 Å². The molecule has 0 aliphatic heterocycles. The molecule has 0 bridgehead atoms. The van der Waals surface area contributed by atoms with Gasteiger partial charge in [-0.2, -0.15) is 4.98 Å². The van der Waals surface area contributed by atoms with Crippen molar-refractivity contribution in [3.05, 3.63) is 51.5 Å². The lowest BCUT2D eigenvalue weighted by atomic mass is 10.2. The number of rotatable bonds is 2. The summed E-state index contributed by atoms with van der Waals surface area (Å²) in [6.07, 6.45) is 2.83. The first-order valence-corrected chi connectivity index (χ1v) is 5.74. The van der Waals surface area contributed by atoms with Crippen molar-refractivity contribution in [1.82, 2.24) is 19.6 Å². The van der Waals surface area contributed by atoms with Gasteiger partial charge < -0.3 is 0 Å². The summed E-state index contributed by atoms with van der Waals surface area (Å²) in [4.78, 5) is 18.0. The summed E-state index contributed by atoms with van der Waals surface area (Å²) < 4.78 is 15.0. The number of hydrogen-bond acceptors (Lipinski definition) is 5. The Morgan fingerprint density at radius 1 is 1.40 bits per heavy atom. The molecule has 0 atom stereocenters. The van der Waals surface area contributed by atoms with Crippen LogP contribution in [0, 0.1) is 15.9 Å². The molecule has 9 heteroatoms. The van der Waals surface area contributed by atoms with E-state index in [2.05, 4.69) is 15.1 Å². The standard InChI is InChI=1S/C11H5ClFN5O2/c12-6-4-14-11-15-10(16-17(11)5-6)8-3-7(18(19)20)1-2-9(8)13/h1-5H. The third kappa shape index (κ3) is 2.05. The summed E-state index contributed by atoms with van der Waals surface area (Å²) in [5.74, 6) is -0.436. The molecular formula is C11H5ClFN5O2. The molecule has 0 aliphatic rings. The maximum Gasteiger partial charge on any atom is 0.270 e. The van der Waals surface area contributed by atoms with E-state index in [1.54, 1.807) is 0 Å². The van der Waals surface area contributed by atoms with Crippen LogP contribution in [0.3, 0.4) is 0 Å². The predicted octanol–water partition coefficient (Wildman–Crippen LogP) is 2.49. The SMILES string of the molecule is O=[N+]([O-])c1ccc(F)c(-c2nc3ncc(Cl)cn3n2)c1. The Labute approximate surface area is 115 Å². The number of nitrogens with zero attached hydrogens (tertiary/aromatic N) is 5. The van der Waals surface area contributed by atoms with Gasteiger partial charge in [0.25, 0.3) is 11.5 Å². The number of benzene rings is 1. The molecule has 0 N–H and O–H groups in total. The molecule has 3 aromatic rings. The molecule has 2 aromatic heterocycles. The highest BCUT2D eigenvalue weighted by atomic mass is 35.5. The van der Waals surface area contributed by atoms with Crippen molar-refractivity contribution in [2.45, 2.75) is 0 Å².